The molecule has 0 aromatic carbocycles. The van der Waals surface area contributed by atoms with E-state index in [1.54, 1.807) is 4.90 Å². The lowest BCUT2D eigenvalue weighted by Gasteiger charge is -2.39. The molecule has 1 aliphatic rings. The van der Waals surface area contributed by atoms with E-state index in [2.05, 4.69) is 4.98 Å². The Bertz CT molecular complexity index is 553. The number of halogens is 3. The van der Waals surface area contributed by atoms with Gasteiger partial charge in [0.05, 0.1) is 24.3 Å². The molecule has 0 radical (unpaired) electrons. The van der Waals surface area contributed by atoms with Crippen LogP contribution in [-0.4, -0.2) is 30.3 Å². The highest BCUT2D eigenvalue weighted by Gasteiger charge is 2.35. The van der Waals surface area contributed by atoms with E-state index < -0.39 is 11.9 Å². The molecule has 0 amide bonds. The van der Waals surface area contributed by atoms with E-state index in [-0.39, 0.29) is 23.5 Å². The molecule has 1 aromatic heterocycles. The fourth-order valence-corrected chi connectivity index (χ4v) is 2.35. The van der Waals surface area contributed by atoms with Crippen molar-refractivity contribution in [1.82, 2.24) is 4.98 Å². The zero-order valence-electron chi connectivity index (χ0n) is 11.8. The first-order chi connectivity index (χ1) is 9.86. The number of hydrogen-bond acceptors (Lipinski definition) is 4. The van der Waals surface area contributed by atoms with Gasteiger partial charge in [-0.25, -0.2) is 4.98 Å². The van der Waals surface area contributed by atoms with Crippen molar-refractivity contribution in [3.05, 3.63) is 23.4 Å². The van der Waals surface area contributed by atoms with Gasteiger partial charge in [-0.15, -0.1) is 0 Å². The van der Waals surface area contributed by atoms with Gasteiger partial charge in [-0.3, -0.25) is 0 Å². The van der Waals surface area contributed by atoms with Gasteiger partial charge in [0.25, 0.3) is 0 Å². The Morgan fingerprint density at radius 1 is 1.48 bits per heavy atom. The van der Waals surface area contributed by atoms with Crippen LogP contribution in [0.3, 0.4) is 0 Å². The van der Waals surface area contributed by atoms with Gasteiger partial charge in [0.2, 0.25) is 0 Å². The van der Waals surface area contributed by atoms with Crippen LogP contribution in [0.5, 0.6) is 0 Å². The van der Waals surface area contributed by atoms with Crippen LogP contribution in [0.15, 0.2) is 12.1 Å². The summed E-state index contributed by atoms with van der Waals surface area (Å²) in [7, 11) is 0. The van der Waals surface area contributed by atoms with Crippen LogP contribution in [0.1, 0.15) is 31.5 Å². The highest BCUT2D eigenvalue weighted by atomic mass is 19.4. The zero-order valence-corrected chi connectivity index (χ0v) is 11.8. The Kier molecular flexibility index (Phi) is 4.37. The van der Waals surface area contributed by atoms with Crippen LogP contribution >= 0.6 is 0 Å². The number of pyridine rings is 1. The Morgan fingerprint density at radius 3 is 2.76 bits per heavy atom. The second-order valence-corrected chi connectivity index (χ2v) is 5.04. The number of rotatable bonds is 2. The first-order valence-electron chi connectivity index (χ1n) is 6.73. The summed E-state index contributed by atoms with van der Waals surface area (Å²) >= 11 is 0. The number of alkyl halides is 3. The summed E-state index contributed by atoms with van der Waals surface area (Å²) in [5.74, 6) is 0.0920. The monoisotopic (exact) mass is 299 g/mol. The third-order valence-corrected chi connectivity index (χ3v) is 3.50. The maximum atomic E-state index is 12.8. The summed E-state index contributed by atoms with van der Waals surface area (Å²) in [6.07, 6.45) is -3.94. The minimum atomic E-state index is -4.53. The Labute approximate surface area is 121 Å². The molecule has 1 aliphatic heterocycles. The van der Waals surface area contributed by atoms with Gasteiger partial charge in [0, 0.05) is 6.54 Å². The minimum Gasteiger partial charge on any atom is -0.375 e. The first-order valence-corrected chi connectivity index (χ1v) is 6.73. The van der Waals surface area contributed by atoms with Crippen molar-refractivity contribution >= 4 is 5.82 Å². The molecule has 114 valence electrons. The molecular formula is C14H16F3N3O. The Balaban J connectivity index is 2.46. The zero-order chi connectivity index (χ0) is 15.6. The number of nitrogens with zero attached hydrogens (tertiary/aromatic N) is 3. The summed E-state index contributed by atoms with van der Waals surface area (Å²) in [5.41, 5.74) is -0.832. The van der Waals surface area contributed by atoms with E-state index in [0.29, 0.717) is 19.6 Å². The van der Waals surface area contributed by atoms with Gasteiger partial charge < -0.3 is 9.64 Å². The van der Waals surface area contributed by atoms with E-state index in [1.807, 2.05) is 19.9 Å². The van der Waals surface area contributed by atoms with Crippen LogP contribution in [-0.2, 0) is 10.9 Å². The number of morpholine rings is 1. The molecular weight excluding hydrogens is 283 g/mol. The van der Waals surface area contributed by atoms with Crippen LogP contribution in [0, 0.1) is 11.3 Å². The number of aromatic nitrogens is 1. The summed E-state index contributed by atoms with van der Waals surface area (Å²) in [6, 6.07) is 3.86. The molecule has 0 bridgehead atoms. The maximum Gasteiger partial charge on any atom is 0.433 e. The summed E-state index contributed by atoms with van der Waals surface area (Å²) in [6.45, 7) is 4.61. The lowest BCUT2D eigenvalue weighted by molar-refractivity contribution is -0.141. The van der Waals surface area contributed by atoms with Crippen molar-refractivity contribution < 1.29 is 17.9 Å². The summed E-state index contributed by atoms with van der Waals surface area (Å²) in [4.78, 5) is 5.45. The summed E-state index contributed by atoms with van der Waals surface area (Å²) in [5, 5.41) is 9.14. The highest BCUT2D eigenvalue weighted by molar-refractivity contribution is 5.55. The molecule has 2 unspecified atom stereocenters. The van der Waals surface area contributed by atoms with Gasteiger partial charge in [0.15, 0.2) is 0 Å². The SMILES string of the molecule is CCC1COC(C)CN1c1nc(C(F)(F)F)ccc1C#N. The number of anilines is 1. The van der Waals surface area contributed by atoms with Gasteiger partial charge in [0.1, 0.15) is 17.6 Å². The molecule has 4 nitrogen and oxygen atoms in total. The van der Waals surface area contributed by atoms with Crippen LogP contribution in [0.25, 0.3) is 0 Å². The Morgan fingerprint density at radius 2 is 2.19 bits per heavy atom. The molecule has 1 aromatic rings. The molecule has 21 heavy (non-hydrogen) atoms. The molecule has 0 saturated carbocycles. The average Bonchev–Trinajstić information content (AvgIpc) is 2.45. The molecule has 2 heterocycles. The van der Waals surface area contributed by atoms with Crippen molar-refractivity contribution in [2.24, 2.45) is 0 Å². The smallest absolute Gasteiger partial charge is 0.375 e. The molecule has 7 heteroatoms. The van der Waals surface area contributed by atoms with Crippen molar-refractivity contribution in [1.29, 1.82) is 5.26 Å². The third kappa shape index (κ3) is 3.27. The van der Waals surface area contributed by atoms with Gasteiger partial charge in [-0.1, -0.05) is 6.92 Å². The van der Waals surface area contributed by atoms with Crippen LogP contribution in [0.2, 0.25) is 0 Å². The van der Waals surface area contributed by atoms with E-state index >= 15 is 0 Å². The Hall–Kier alpha value is -1.81. The number of hydrogen-bond donors (Lipinski definition) is 0. The lowest BCUT2D eigenvalue weighted by atomic mass is 10.1. The topological polar surface area (TPSA) is 49.1 Å². The number of nitriles is 1. The average molecular weight is 299 g/mol. The summed E-state index contributed by atoms with van der Waals surface area (Å²) < 4.78 is 44.0. The maximum absolute atomic E-state index is 12.8. The van der Waals surface area contributed by atoms with Crippen molar-refractivity contribution in [3.8, 4) is 6.07 Å². The number of ether oxygens (including phenoxy) is 1. The van der Waals surface area contributed by atoms with E-state index in [4.69, 9.17) is 10.00 Å². The fraction of sp³-hybridized carbons (Fsp3) is 0.571. The molecule has 2 rings (SSSR count). The predicted octanol–water partition coefficient (Wildman–Crippen LogP) is 2.98. The van der Waals surface area contributed by atoms with Crippen LogP contribution < -0.4 is 4.90 Å². The van der Waals surface area contributed by atoms with E-state index in [9.17, 15) is 13.2 Å². The first kappa shape index (κ1) is 15.6. The van der Waals surface area contributed by atoms with Crippen molar-refractivity contribution in [2.45, 2.75) is 38.6 Å². The molecule has 0 N–H and O–H groups in total. The molecule has 0 spiro atoms. The molecule has 2 atom stereocenters. The van der Waals surface area contributed by atoms with Gasteiger partial charge in [-0.2, -0.15) is 18.4 Å². The lowest BCUT2D eigenvalue weighted by Crippen LogP contribution is -2.49. The fourth-order valence-electron chi connectivity index (χ4n) is 2.35. The molecule has 0 aliphatic carbocycles. The molecule has 1 fully saturated rings. The largest absolute Gasteiger partial charge is 0.433 e. The quantitative estimate of drug-likeness (QED) is 0.842. The predicted molar refractivity (Wildman–Crippen MR) is 70.8 cm³/mol. The standard InChI is InChI=1S/C14H16F3N3O/c1-3-11-8-21-9(2)7-20(11)13-10(6-18)4-5-12(19-13)14(15,16)17/h4-5,9,11H,3,7-8H2,1-2H3. The van der Waals surface area contributed by atoms with Gasteiger partial charge >= 0.3 is 6.18 Å². The van der Waals surface area contributed by atoms with Crippen molar-refractivity contribution in [3.63, 3.8) is 0 Å². The third-order valence-electron chi connectivity index (χ3n) is 3.50. The van der Waals surface area contributed by atoms with Crippen molar-refractivity contribution in [2.75, 3.05) is 18.1 Å². The van der Waals surface area contributed by atoms with E-state index in [0.717, 1.165) is 6.07 Å². The highest BCUT2D eigenvalue weighted by Crippen LogP contribution is 2.32. The second kappa shape index (κ2) is 5.90. The second-order valence-electron chi connectivity index (χ2n) is 5.04. The van der Waals surface area contributed by atoms with Crippen LogP contribution in [0.4, 0.5) is 19.0 Å². The van der Waals surface area contributed by atoms with Gasteiger partial charge in [-0.05, 0) is 25.5 Å². The normalized spacial score (nSPS) is 23.0. The minimum absolute atomic E-state index is 0.0794. The van der Waals surface area contributed by atoms with E-state index in [1.165, 1.54) is 6.07 Å². The molecule has 1 saturated heterocycles.